The Balaban J connectivity index is 1.64. The number of benzene rings is 3. The molecule has 0 aromatic heterocycles. The molecule has 158 valence electrons. The molecule has 31 heavy (non-hydrogen) atoms. The number of fused-ring (bicyclic) bond motifs is 3. The minimum Gasteiger partial charge on any atom is -0.494 e. The summed E-state index contributed by atoms with van der Waals surface area (Å²) in [5.41, 5.74) is 5.37. The molecule has 1 aliphatic carbocycles. The minimum atomic E-state index is -0.0334. The van der Waals surface area contributed by atoms with E-state index in [1.165, 1.54) is 21.9 Å². The van der Waals surface area contributed by atoms with Crippen LogP contribution in [-0.2, 0) is 4.79 Å². The van der Waals surface area contributed by atoms with E-state index in [-0.39, 0.29) is 17.2 Å². The van der Waals surface area contributed by atoms with Crippen molar-refractivity contribution in [1.29, 1.82) is 0 Å². The van der Waals surface area contributed by atoms with Crippen molar-refractivity contribution in [2.45, 2.75) is 46.1 Å². The van der Waals surface area contributed by atoms with Crippen molar-refractivity contribution < 1.29 is 9.53 Å². The molecule has 0 saturated heterocycles. The van der Waals surface area contributed by atoms with Crippen molar-refractivity contribution in [2.24, 2.45) is 5.41 Å². The van der Waals surface area contributed by atoms with Crippen LogP contribution in [0.15, 0.2) is 66.2 Å². The molecule has 2 aliphatic rings. The first kappa shape index (κ1) is 19.9. The fourth-order valence-electron chi connectivity index (χ4n) is 5.01. The summed E-state index contributed by atoms with van der Waals surface area (Å²) in [7, 11) is 0. The summed E-state index contributed by atoms with van der Waals surface area (Å²) in [6.07, 6.45) is 2.49. The number of ketones is 1. The average Bonchev–Trinajstić information content (AvgIpc) is 2.75. The monoisotopic (exact) mass is 411 g/mol. The number of ether oxygens (including phenoxy) is 1. The second kappa shape index (κ2) is 7.56. The Bertz CT molecular complexity index is 1190. The smallest absolute Gasteiger partial charge is 0.164 e. The number of carbonyl (C=O) groups is 1. The summed E-state index contributed by atoms with van der Waals surface area (Å²) < 4.78 is 5.77. The molecule has 0 saturated carbocycles. The van der Waals surface area contributed by atoms with E-state index < -0.39 is 0 Å². The topological polar surface area (TPSA) is 38.3 Å². The molecule has 0 amide bonds. The van der Waals surface area contributed by atoms with E-state index in [0.717, 1.165) is 42.0 Å². The van der Waals surface area contributed by atoms with E-state index in [0.29, 0.717) is 6.42 Å². The van der Waals surface area contributed by atoms with E-state index in [2.05, 4.69) is 74.6 Å². The summed E-state index contributed by atoms with van der Waals surface area (Å²) >= 11 is 0. The third-order valence-corrected chi connectivity index (χ3v) is 6.40. The number of carbonyl (C=O) groups excluding carboxylic acids is 1. The summed E-state index contributed by atoms with van der Waals surface area (Å²) in [6.45, 7) is 7.23. The largest absolute Gasteiger partial charge is 0.494 e. The second-order valence-corrected chi connectivity index (χ2v) is 9.58. The van der Waals surface area contributed by atoms with Crippen molar-refractivity contribution in [3.63, 3.8) is 0 Å². The number of hydrogen-bond donors (Lipinski definition) is 1. The van der Waals surface area contributed by atoms with Gasteiger partial charge in [-0.3, -0.25) is 4.79 Å². The molecule has 0 bridgehead atoms. The van der Waals surface area contributed by atoms with Gasteiger partial charge in [0.2, 0.25) is 0 Å². The van der Waals surface area contributed by atoms with Gasteiger partial charge in [-0.05, 0) is 64.4 Å². The highest BCUT2D eigenvalue weighted by atomic mass is 16.5. The molecule has 3 nitrogen and oxygen atoms in total. The maximum Gasteiger partial charge on any atom is 0.164 e. The maximum atomic E-state index is 13.4. The van der Waals surface area contributed by atoms with E-state index in [9.17, 15) is 4.79 Å². The first-order valence-electron chi connectivity index (χ1n) is 11.2. The van der Waals surface area contributed by atoms with Crippen molar-refractivity contribution in [2.75, 3.05) is 11.9 Å². The van der Waals surface area contributed by atoms with Crippen LogP contribution in [0.3, 0.4) is 0 Å². The number of hydrogen-bond acceptors (Lipinski definition) is 3. The fraction of sp³-hybridized carbons (Fsp3) is 0.321. The lowest BCUT2D eigenvalue weighted by Gasteiger charge is -2.40. The van der Waals surface area contributed by atoms with Gasteiger partial charge in [-0.2, -0.15) is 0 Å². The number of anilines is 1. The molecular formula is C28H29NO2. The molecule has 1 unspecified atom stereocenters. The molecule has 1 aliphatic heterocycles. The van der Waals surface area contributed by atoms with Crippen LogP contribution in [0.1, 0.15) is 57.2 Å². The zero-order valence-electron chi connectivity index (χ0n) is 18.5. The third kappa shape index (κ3) is 3.63. The molecular weight excluding hydrogens is 382 g/mol. The molecule has 1 heterocycles. The summed E-state index contributed by atoms with van der Waals surface area (Å²) in [6, 6.07) is 21.1. The van der Waals surface area contributed by atoms with Gasteiger partial charge in [0.25, 0.3) is 0 Å². The Hall–Kier alpha value is -3.07. The van der Waals surface area contributed by atoms with Crippen LogP contribution in [0.4, 0.5) is 5.69 Å². The quantitative estimate of drug-likeness (QED) is 0.505. The Morgan fingerprint density at radius 1 is 1.00 bits per heavy atom. The number of rotatable bonds is 4. The van der Waals surface area contributed by atoms with Gasteiger partial charge in [0.15, 0.2) is 5.78 Å². The molecule has 3 heteroatoms. The lowest BCUT2D eigenvalue weighted by Crippen LogP contribution is -2.32. The number of allylic oxidation sites excluding steroid dienone is 1. The van der Waals surface area contributed by atoms with Crippen LogP contribution in [0.5, 0.6) is 5.75 Å². The Morgan fingerprint density at radius 3 is 2.42 bits per heavy atom. The first-order valence-corrected chi connectivity index (χ1v) is 11.2. The van der Waals surface area contributed by atoms with Crippen LogP contribution in [0, 0.1) is 5.41 Å². The maximum absolute atomic E-state index is 13.4. The van der Waals surface area contributed by atoms with Gasteiger partial charge < -0.3 is 10.1 Å². The van der Waals surface area contributed by atoms with Crippen molar-refractivity contribution >= 4 is 27.8 Å². The first-order chi connectivity index (χ1) is 14.9. The van der Waals surface area contributed by atoms with Crippen LogP contribution in [0.2, 0.25) is 0 Å². The molecule has 0 radical (unpaired) electrons. The van der Waals surface area contributed by atoms with Crippen molar-refractivity contribution in [1.82, 2.24) is 0 Å². The Kier molecular flexibility index (Phi) is 4.85. The van der Waals surface area contributed by atoms with Crippen molar-refractivity contribution in [3.05, 3.63) is 77.4 Å². The highest BCUT2D eigenvalue weighted by Crippen LogP contribution is 2.50. The van der Waals surface area contributed by atoms with Gasteiger partial charge in [-0.25, -0.2) is 0 Å². The van der Waals surface area contributed by atoms with Crippen molar-refractivity contribution in [3.8, 4) is 5.75 Å². The highest BCUT2D eigenvalue weighted by molar-refractivity contribution is 6.25. The normalized spacial score (nSPS) is 19.6. The summed E-state index contributed by atoms with van der Waals surface area (Å²) in [4.78, 5) is 13.4. The molecule has 3 aromatic carbocycles. The zero-order valence-corrected chi connectivity index (χ0v) is 18.5. The van der Waals surface area contributed by atoms with E-state index in [1.807, 2.05) is 12.1 Å². The lowest BCUT2D eigenvalue weighted by atomic mass is 9.68. The molecule has 0 fully saturated rings. The summed E-state index contributed by atoms with van der Waals surface area (Å²) in [5, 5.41) is 6.13. The SMILES string of the molecule is CCCOc1ccc(C2Nc3cc4ccccc4cc3C3=C2CC(C)(C)CC3=O)cc1. The third-order valence-electron chi connectivity index (χ3n) is 6.40. The number of Topliss-reactive ketones (excluding diaryl/α,β-unsaturated/α-hetero) is 1. The van der Waals surface area contributed by atoms with Gasteiger partial charge in [0, 0.05) is 23.2 Å². The minimum absolute atomic E-state index is 0.00703. The van der Waals surface area contributed by atoms with Gasteiger partial charge in [0.05, 0.1) is 12.6 Å². The number of nitrogens with one attached hydrogen (secondary N) is 1. The fourth-order valence-corrected chi connectivity index (χ4v) is 5.01. The molecule has 1 atom stereocenters. The van der Waals surface area contributed by atoms with Crippen LogP contribution >= 0.6 is 0 Å². The standard InChI is InChI=1S/C28H29NO2/c1-4-13-31-21-11-9-18(10-12-21)27-23-16-28(2,3)17-25(30)26(23)22-14-19-7-5-6-8-20(19)15-24(22)29-27/h5-12,14-15,27,29H,4,13,16-17H2,1-3H3. The summed E-state index contributed by atoms with van der Waals surface area (Å²) in [5.74, 6) is 1.15. The predicted octanol–water partition coefficient (Wildman–Crippen LogP) is 6.94. The van der Waals surface area contributed by atoms with Gasteiger partial charge >= 0.3 is 0 Å². The van der Waals surface area contributed by atoms with Gasteiger partial charge in [-0.1, -0.05) is 57.2 Å². The average molecular weight is 412 g/mol. The second-order valence-electron chi connectivity index (χ2n) is 9.58. The molecule has 0 spiro atoms. The van der Waals surface area contributed by atoms with Gasteiger partial charge in [-0.15, -0.1) is 0 Å². The van der Waals surface area contributed by atoms with E-state index in [4.69, 9.17) is 4.74 Å². The highest BCUT2D eigenvalue weighted by Gasteiger charge is 2.40. The zero-order chi connectivity index (χ0) is 21.6. The van der Waals surface area contributed by atoms with Crippen LogP contribution in [0.25, 0.3) is 16.3 Å². The van der Waals surface area contributed by atoms with Crippen LogP contribution in [-0.4, -0.2) is 12.4 Å². The molecule has 1 N–H and O–H groups in total. The lowest BCUT2D eigenvalue weighted by molar-refractivity contribution is -0.116. The van der Waals surface area contributed by atoms with E-state index in [1.54, 1.807) is 0 Å². The van der Waals surface area contributed by atoms with Gasteiger partial charge in [0.1, 0.15) is 5.75 Å². The molecule has 3 aromatic rings. The predicted molar refractivity (Wildman–Crippen MR) is 127 cm³/mol. The molecule has 5 rings (SSSR count). The Labute approximate surface area is 184 Å². The van der Waals surface area contributed by atoms with Crippen LogP contribution < -0.4 is 10.1 Å². The van der Waals surface area contributed by atoms with E-state index >= 15 is 0 Å². The Morgan fingerprint density at radius 2 is 1.71 bits per heavy atom.